The van der Waals surface area contributed by atoms with Crippen molar-refractivity contribution in [2.24, 2.45) is 10.9 Å². The standard InChI is InChI=1S/C19H32N4O3.HI/c1-13(2)18(24)21-8-9-22-19(20-4)23(5)12-15-11-17(26-7)16(25-6)10-14(15)3;/h10-11,13H,8-9,12H2,1-7H3,(H,20,22)(H,21,24);1H. The second-order valence-electron chi connectivity index (χ2n) is 6.41. The Bertz CT molecular complexity index is 636. The number of hydrogen-bond acceptors (Lipinski definition) is 4. The van der Waals surface area contributed by atoms with Crippen LogP contribution in [0.25, 0.3) is 0 Å². The van der Waals surface area contributed by atoms with Gasteiger partial charge >= 0.3 is 0 Å². The summed E-state index contributed by atoms with van der Waals surface area (Å²) in [4.78, 5) is 17.9. The number of guanidine groups is 1. The number of nitrogens with one attached hydrogen (secondary N) is 2. The second-order valence-corrected chi connectivity index (χ2v) is 6.41. The van der Waals surface area contributed by atoms with Gasteiger partial charge in [-0.15, -0.1) is 24.0 Å². The summed E-state index contributed by atoms with van der Waals surface area (Å²) in [5.74, 6) is 2.24. The van der Waals surface area contributed by atoms with E-state index in [-0.39, 0.29) is 35.8 Å². The minimum atomic E-state index is -0.00925. The molecule has 0 unspecified atom stereocenters. The fraction of sp³-hybridized carbons (Fsp3) is 0.579. The number of methoxy groups -OCH3 is 2. The highest BCUT2D eigenvalue weighted by atomic mass is 127. The SMILES string of the molecule is CN=C(NCCNC(=O)C(C)C)N(C)Cc1cc(OC)c(OC)cc1C.I. The van der Waals surface area contributed by atoms with E-state index in [2.05, 4.69) is 15.6 Å². The van der Waals surface area contributed by atoms with Gasteiger partial charge in [0.2, 0.25) is 5.91 Å². The van der Waals surface area contributed by atoms with Gasteiger partial charge in [-0.2, -0.15) is 0 Å². The number of aryl methyl sites for hydroxylation is 1. The van der Waals surface area contributed by atoms with Crippen molar-refractivity contribution in [3.63, 3.8) is 0 Å². The van der Waals surface area contributed by atoms with Gasteiger partial charge in [0, 0.05) is 39.6 Å². The van der Waals surface area contributed by atoms with E-state index >= 15 is 0 Å². The zero-order valence-electron chi connectivity index (χ0n) is 17.4. The van der Waals surface area contributed by atoms with Crippen LogP contribution in [0.3, 0.4) is 0 Å². The Morgan fingerprint density at radius 3 is 2.22 bits per heavy atom. The molecule has 0 saturated heterocycles. The number of carbonyl (C=O) groups is 1. The molecular weight excluding hydrogens is 459 g/mol. The molecule has 2 N–H and O–H groups in total. The molecule has 1 amide bonds. The van der Waals surface area contributed by atoms with Crippen molar-refractivity contribution in [3.8, 4) is 11.5 Å². The number of ether oxygens (including phenoxy) is 2. The highest BCUT2D eigenvalue weighted by Gasteiger charge is 2.13. The van der Waals surface area contributed by atoms with Crippen molar-refractivity contribution in [1.29, 1.82) is 0 Å². The Morgan fingerprint density at radius 1 is 1.15 bits per heavy atom. The predicted octanol–water partition coefficient (Wildman–Crippen LogP) is 2.41. The van der Waals surface area contributed by atoms with E-state index in [0.29, 0.717) is 25.4 Å². The summed E-state index contributed by atoms with van der Waals surface area (Å²) in [6.45, 7) is 7.63. The van der Waals surface area contributed by atoms with Gasteiger partial charge in [0.25, 0.3) is 0 Å². The first-order valence-corrected chi connectivity index (χ1v) is 8.75. The quantitative estimate of drug-likeness (QED) is 0.252. The molecule has 1 aromatic rings. The van der Waals surface area contributed by atoms with Crippen molar-refractivity contribution >= 4 is 35.8 Å². The molecule has 0 spiro atoms. The molecule has 0 atom stereocenters. The van der Waals surface area contributed by atoms with Crippen molar-refractivity contribution in [2.45, 2.75) is 27.3 Å². The van der Waals surface area contributed by atoms with Crippen LogP contribution in [0.5, 0.6) is 11.5 Å². The zero-order valence-corrected chi connectivity index (χ0v) is 19.7. The smallest absolute Gasteiger partial charge is 0.222 e. The van der Waals surface area contributed by atoms with E-state index in [1.807, 2.05) is 44.9 Å². The van der Waals surface area contributed by atoms with Crippen molar-refractivity contribution in [2.75, 3.05) is 41.4 Å². The van der Waals surface area contributed by atoms with Crippen LogP contribution in [0.15, 0.2) is 17.1 Å². The molecule has 0 aliphatic heterocycles. The Labute approximate surface area is 179 Å². The third kappa shape index (κ3) is 7.82. The predicted molar refractivity (Wildman–Crippen MR) is 120 cm³/mol. The van der Waals surface area contributed by atoms with Gasteiger partial charge in [-0.1, -0.05) is 13.8 Å². The Morgan fingerprint density at radius 2 is 1.70 bits per heavy atom. The van der Waals surface area contributed by atoms with Crippen molar-refractivity contribution in [1.82, 2.24) is 15.5 Å². The lowest BCUT2D eigenvalue weighted by molar-refractivity contribution is -0.123. The van der Waals surface area contributed by atoms with E-state index in [9.17, 15) is 4.79 Å². The lowest BCUT2D eigenvalue weighted by Gasteiger charge is -2.24. The van der Waals surface area contributed by atoms with Crippen LogP contribution in [0.4, 0.5) is 0 Å². The molecule has 0 fully saturated rings. The first-order chi connectivity index (χ1) is 12.3. The molecule has 27 heavy (non-hydrogen) atoms. The fourth-order valence-electron chi connectivity index (χ4n) is 2.47. The summed E-state index contributed by atoms with van der Waals surface area (Å²) in [6.07, 6.45) is 0. The maximum absolute atomic E-state index is 11.6. The lowest BCUT2D eigenvalue weighted by atomic mass is 10.1. The van der Waals surface area contributed by atoms with Crippen LogP contribution in [-0.4, -0.2) is 58.2 Å². The number of halogens is 1. The van der Waals surface area contributed by atoms with Gasteiger partial charge in [-0.3, -0.25) is 9.79 Å². The van der Waals surface area contributed by atoms with E-state index in [4.69, 9.17) is 9.47 Å². The van der Waals surface area contributed by atoms with Crippen LogP contribution in [0.1, 0.15) is 25.0 Å². The van der Waals surface area contributed by atoms with Gasteiger partial charge < -0.3 is 25.0 Å². The third-order valence-corrected chi connectivity index (χ3v) is 4.05. The fourth-order valence-corrected chi connectivity index (χ4v) is 2.47. The monoisotopic (exact) mass is 492 g/mol. The minimum absolute atomic E-state index is 0. The zero-order chi connectivity index (χ0) is 19.7. The Balaban J connectivity index is 0.00000676. The number of amides is 1. The van der Waals surface area contributed by atoms with E-state index in [1.54, 1.807) is 21.3 Å². The highest BCUT2D eigenvalue weighted by Crippen LogP contribution is 2.30. The van der Waals surface area contributed by atoms with Crippen molar-refractivity contribution < 1.29 is 14.3 Å². The van der Waals surface area contributed by atoms with E-state index < -0.39 is 0 Å². The highest BCUT2D eigenvalue weighted by molar-refractivity contribution is 14.0. The Kier molecular flexibility index (Phi) is 11.8. The second kappa shape index (κ2) is 12.6. The summed E-state index contributed by atoms with van der Waals surface area (Å²) in [7, 11) is 6.98. The summed E-state index contributed by atoms with van der Waals surface area (Å²) < 4.78 is 10.7. The number of carbonyl (C=O) groups excluding carboxylic acids is 1. The van der Waals surface area contributed by atoms with Crippen LogP contribution >= 0.6 is 24.0 Å². The number of benzene rings is 1. The molecule has 0 radical (unpaired) electrons. The van der Waals surface area contributed by atoms with Crippen molar-refractivity contribution in [3.05, 3.63) is 23.3 Å². The molecule has 154 valence electrons. The van der Waals surface area contributed by atoms with Gasteiger partial charge in [0.05, 0.1) is 14.2 Å². The molecule has 0 aromatic heterocycles. The number of hydrogen-bond donors (Lipinski definition) is 2. The van der Waals surface area contributed by atoms with Gasteiger partial charge in [-0.25, -0.2) is 0 Å². The molecule has 0 aliphatic rings. The summed E-state index contributed by atoms with van der Waals surface area (Å²) in [5, 5.41) is 6.14. The lowest BCUT2D eigenvalue weighted by Crippen LogP contribution is -2.42. The number of aliphatic imine (C=N–C) groups is 1. The van der Waals surface area contributed by atoms with E-state index in [0.717, 1.165) is 22.8 Å². The normalized spacial score (nSPS) is 10.9. The van der Waals surface area contributed by atoms with Crippen LogP contribution in [0, 0.1) is 12.8 Å². The molecule has 0 bridgehead atoms. The summed E-state index contributed by atoms with van der Waals surface area (Å²) in [5.41, 5.74) is 2.25. The molecule has 1 aromatic carbocycles. The molecule has 0 aliphatic carbocycles. The molecule has 0 heterocycles. The number of nitrogens with zero attached hydrogens (tertiary/aromatic N) is 2. The molecule has 1 rings (SSSR count). The maximum atomic E-state index is 11.6. The minimum Gasteiger partial charge on any atom is -0.493 e. The average Bonchev–Trinajstić information content (AvgIpc) is 2.62. The molecular formula is C19H33IN4O3. The largest absolute Gasteiger partial charge is 0.493 e. The number of rotatable bonds is 8. The van der Waals surface area contributed by atoms with Gasteiger partial charge in [-0.05, 0) is 30.2 Å². The van der Waals surface area contributed by atoms with E-state index in [1.165, 1.54) is 0 Å². The first-order valence-electron chi connectivity index (χ1n) is 8.75. The van der Waals surface area contributed by atoms with Crippen LogP contribution in [-0.2, 0) is 11.3 Å². The Hall–Kier alpha value is -1.71. The third-order valence-electron chi connectivity index (χ3n) is 4.05. The summed E-state index contributed by atoms with van der Waals surface area (Å²) in [6, 6.07) is 3.96. The molecule has 0 saturated carbocycles. The average molecular weight is 492 g/mol. The topological polar surface area (TPSA) is 75.2 Å². The van der Waals surface area contributed by atoms with Crippen LogP contribution < -0.4 is 20.1 Å². The first kappa shape index (κ1) is 25.3. The summed E-state index contributed by atoms with van der Waals surface area (Å²) >= 11 is 0. The molecule has 7 nitrogen and oxygen atoms in total. The van der Waals surface area contributed by atoms with Crippen LogP contribution in [0.2, 0.25) is 0 Å². The van der Waals surface area contributed by atoms with Gasteiger partial charge in [0.15, 0.2) is 17.5 Å². The van der Waals surface area contributed by atoms with Gasteiger partial charge in [0.1, 0.15) is 0 Å². The maximum Gasteiger partial charge on any atom is 0.222 e. The molecule has 8 heteroatoms.